The molecule has 1 saturated heterocycles. The molecule has 2 amide bonds. The van der Waals surface area contributed by atoms with E-state index in [1.165, 1.54) is 0 Å². The number of likely N-dealkylation sites (N-methyl/N-ethyl adjacent to an activating group) is 1. The summed E-state index contributed by atoms with van der Waals surface area (Å²) in [6.45, 7) is 4.47. The third-order valence-corrected chi connectivity index (χ3v) is 3.71. The predicted octanol–water partition coefficient (Wildman–Crippen LogP) is -0.214. The monoisotopic (exact) mass is 283 g/mol. The normalized spacial score (nSPS) is 25.4. The molecule has 2 aliphatic rings. The fraction of sp³-hybridized carbons (Fsp3) is 0.857. The van der Waals surface area contributed by atoms with Gasteiger partial charge in [0, 0.05) is 25.0 Å². The fourth-order valence-electron chi connectivity index (χ4n) is 2.40. The predicted molar refractivity (Wildman–Crippen MR) is 75.2 cm³/mol. The lowest BCUT2D eigenvalue weighted by Crippen LogP contribution is -2.44. The number of ether oxygens (including phenoxy) is 1. The molecule has 6 nitrogen and oxygen atoms in total. The van der Waals surface area contributed by atoms with Crippen LogP contribution in [0.1, 0.15) is 32.6 Å². The van der Waals surface area contributed by atoms with Crippen LogP contribution >= 0.6 is 0 Å². The molecule has 0 bridgehead atoms. The number of hydrogen-bond donors (Lipinski definition) is 3. The van der Waals surface area contributed by atoms with Crippen molar-refractivity contribution in [1.29, 1.82) is 0 Å². The Morgan fingerprint density at radius 2 is 2.05 bits per heavy atom. The number of hydrogen-bond acceptors (Lipinski definition) is 4. The van der Waals surface area contributed by atoms with Crippen LogP contribution in [-0.4, -0.2) is 50.2 Å². The summed E-state index contributed by atoms with van der Waals surface area (Å²) in [5.41, 5.74) is 0. The number of rotatable bonds is 8. The van der Waals surface area contributed by atoms with Gasteiger partial charge in [-0.15, -0.1) is 0 Å². The van der Waals surface area contributed by atoms with Gasteiger partial charge in [0.25, 0.3) is 0 Å². The summed E-state index contributed by atoms with van der Waals surface area (Å²) in [6, 6.07) is 0.520. The largest absolute Gasteiger partial charge is 0.379 e. The highest BCUT2D eigenvalue weighted by Gasteiger charge is 2.33. The second-order valence-corrected chi connectivity index (χ2v) is 5.54. The van der Waals surface area contributed by atoms with Gasteiger partial charge in [-0.05, 0) is 25.8 Å². The van der Waals surface area contributed by atoms with Gasteiger partial charge in [0.2, 0.25) is 11.8 Å². The van der Waals surface area contributed by atoms with Crippen LogP contribution in [0.15, 0.2) is 0 Å². The second-order valence-electron chi connectivity index (χ2n) is 5.54. The van der Waals surface area contributed by atoms with Crippen LogP contribution in [-0.2, 0) is 14.3 Å². The zero-order valence-corrected chi connectivity index (χ0v) is 12.1. The molecule has 0 aromatic carbocycles. The molecular weight excluding hydrogens is 258 g/mol. The van der Waals surface area contributed by atoms with E-state index >= 15 is 0 Å². The highest BCUT2D eigenvalue weighted by molar-refractivity contribution is 5.80. The van der Waals surface area contributed by atoms with E-state index in [1.807, 2.05) is 6.92 Å². The minimum absolute atomic E-state index is 0.0241. The summed E-state index contributed by atoms with van der Waals surface area (Å²) in [7, 11) is 0. The second kappa shape index (κ2) is 7.59. The maximum Gasteiger partial charge on any atom is 0.227 e. The Bertz CT molecular complexity index is 345. The molecular formula is C14H25N3O3. The molecule has 6 heteroatoms. The van der Waals surface area contributed by atoms with E-state index in [-0.39, 0.29) is 23.8 Å². The van der Waals surface area contributed by atoms with Crippen LogP contribution in [0.2, 0.25) is 0 Å². The number of carbonyl (C=O) groups is 2. The van der Waals surface area contributed by atoms with Crippen LogP contribution in [0.25, 0.3) is 0 Å². The number of nitrogens with one attached hydrogen (secondary N) is 3. The van der Waals surface area contributed by atoms with Gasteiger partial charge in [0.05, 0.1) is 19.1 Å². The Morgan fingerprint density at radius 3 is 2.75 bits per heavy atom. The van der Waals surface area contributed by atoms with Gasteiger partial charge in [-0.2, -0.15) is 0 Å². The van der Waals surface area contributed by atoms with E-state index in [4.69, 9.17) is 4.74 Å². The molecule has 2 rings (SSSR count). The van der Waals surface area contributed by atoms with Gasteiger partial charge >= 0.3 is 0 Å². The van der Waals surface area contributed by atoms with E-state index in [2.05, 4.69) is 16.0 Å². The molecule has 114 valence electrons. The zero-order chi connectivity index (χ0) is 14.4. The van der Waals surface area contributed by atoms with Crippen LogP contribution in [0.4, 0.5) is 0 Å². The van der Waals surface area contributed by atoms with Gasteiger partial charge in [-0.1, -0.05) is 6.92 Å². The van der Waals surface area contributed by atoms with E-state index in [0.29, 0.717) is 38.6 Å². The van der Waals surface area contributed by atoms with Crippen LogP contribution < -0.4 is 16.0 Å². The third-order valence-electron chi connectivity index (χ3n) is 3.71. The molecule has 0 spiro atoms. The Labute approximate surface area is 120 Å². The quantitative estimate of drug-likeness (QED) is 0.538. The van der Waals surface area contributed by atoms with Crippen molar-refractivity contribution in [2.75, 3.05) is 26.3 Å². The lowest BCUT2D eigenvalue weighted by atomic mass is 10.0. The van der Waals surface area contributed by atoms with Crippen molar-refractivity contribution in [1.82, 2.24) is 16.0 Å². The van der Waals surface area contributed by atoms with Gasteiger partial charge in [0.15, 0.2) is 0 Å². The first kappa shape index (κ1) is 15.3. The standard InChI is InChI=1S/C14H25N3O3/c1-2-15-12-9-20-8-11(12)14(19)16-7-3-4-13(18)17-10-5-6-10/h10-12,15H,2-9H2,1H3,(H,16,19)(H,17,18). The zero-order valence-electron chi connectivity index (χ0n) is 12.1. The van der Waals surface area contributed by atoms with Crippen molar-refractivity contribution in [3.63, 3.8) is 0 Å². The van der Waals surface area contributed by atoms with Crippen molar-refractivity contribution >= 4 is 11.8 Å². The number of carbonyl (C=O) groups excluding carboxylic acids is 2. The van der Waals surface area contributed by atoms with E-state index < -0.39 is 0 Å². The first-order chi connectivity index (χ1) is 9.70. The maximum atomic E-state index is 12.0. The molecule has 0 aromatic heterocycles. The highest BCUT2D eigenvalue weighted by Crippen LogP contribution is 2.18. The molecule has 2 fully saturated rings. The molecule has 3 N–H and O–H groups in total. The van der Waals surface area contributed by atoms with Crippen molar-refractivity contribution < 1.29 is 14.3 Å². The average Bonchev–Trinajstić information content (AvgIpc) is 3.11. The van der Waals surface area contributed by atoms with Crippen molar-refractivity contribution in [2.45, 2.75) is 44.7 Å². The van der Waals surface area contributed by atoms with Crippen LogP contribution in [0.5, 0.6) is 0 Å². The minimum Gasteiger partial charge on any atom is -0.379 e. The lowest BCUT2D eigenvalue weighted by Gasteiger charge is -2.17. The summed E-state index contributed by atoms with van der Waals surface area (Å²) in [5, 5.41) is 9.10. The average molecular weight is 283 g/mol. The highest BCUT2D eigenvalue weighted by atomic mass is 16.5. The van der Waals surface area contributed by atoms with E-state index in [1.54, 1.807) is 0 Å². The molecule has 1 aliphatic heterocycles. The topological polar surface area (TPSA) is 79.5 Å². The van der Waals surface area contributed by atoms with Crippen molar-refractivity contribution in [2.24, 2.45) is 5.92 Å². The van der Waals surface area contributed by atoms with Crippen LogP contribution in [0.3, 0.4) is 0 Å². The number of amides is 2. The summed E-state index contributed by atoms with van der Waals surface area (Å²) in [5.74, 6) is 0.00256. The van der Waals surface area contributed by atoms with Gasteiger partial charge < -0.3 is 20.7 Å². The Kier molecular flexibility index (Phi) is 5.79. The molecule has 20 heavy (non-hydrogen) atoms. The molecule has 0 radical (unpaired) electrons. The van der Waals surface area contributed by atoms with Gasteiger partial charge in [-0.25, -0.2) is 0 Å². The molecule has 1 heterocycles. The first-order valence-corrected chi connectivity index (χ1v) is 7.59. The smallest absolute Gasteiger partial charge is 0.227 e. The Balaban J connectivity index is 1.58. The van der Waals surface area contributed by atoms with Gasteiger partial charge in [-0.3, -0.25) is 9.59 Å². The summed E-state index contributed by atoms with van der Waals surface area (Å²) >= 11 is 0. The summed E-state index contributed by atoms with van der Waals surface area (Å²) in [4.78, 5) is 23.5. The Morgan fingerprint density at radius 1 is 1.25 bits per heavy atom. The molecule has 1 saturated carbocycles. The van der Waals surface area contributed by atoms with Crippen molar-refractivity contribution in [3.8, 4) is 0 Å². The Hall–Kier alpha value is -1.14. The van der Waals surface area contributed by atoms with Crippen LogP contribution in [0, 0.1) is 5.92 Å². The fourth-order valence-corrected chi connectivity index (χ4v) is 2.40. The van der Waals surface area contributed by atoms with E-state index in [9.17, 15) is 9.59 Å². The SMILES string of the molecule is CCNC1COCC1C(=O)NCCCC(=O)NC1CC1. The maximum absolute atomic E-state index is 12.0. The summed E-state index contributed by atoms with van der Waals surface area (Å²) in [6.07, 6.45) is 3.38. The van der Waals surface area contributed by atoms with Gasteiger partial charge in [0.1, 0.15) is 0 Å². The van der Waals surface area contributed by atoms with Crippen molar-refractivity contribution in [3.05, 3.63) is 0 Å². The minimum atomic E-state index is -0.116. The third kappa shape index (κ3) is 4.76. The molecule has 1 aliphatic carbocycles. The molecule has 2 atom stereocenters. The molecule has 2 unspecified atom stereocenters. The lowest BCUT2D eigenvalue weighted by molar-refractivity contribution is -0.126. The van der Waals surface area contributed by atoms with E-state index in [0.717, 1.165) is 19.4 Å². The summed E-state index contributed by atoms with van der Waals surface area (Å²) < 4.78 is 5.35. The first-order valence-electron chi connectivity index (χ1n) is 7.59. The molecule has 0 aromatic rings.